The Labute approximate surface area is 99.0 Å². The van der Waals surface area contributed by atoms with Gasteiger partial charge in [0.05, 0.1) is 13.2 Å². The van der Waals surface area contributed by atoms with Crippen molar-refractivity contribution in [3.05, 3.63) is 24.4 Å². The molecule has 1 unspecified atom stereocenters. The molecule has 17 heavy (non-hydrogen) atoms. The van der Waals surface area contributed by atoms with Crippen LogP contribution in [0.3, 0.4) is 0 Å². The van der Waals surface area contributed by atoms with Crippen molar-refractivity contribution in [2.24, 2.45) is 0 Å². The van der Waals surface area contributed by atoms with Gasteiger partial charge in [0, 0.05) is 25.3 Å². The molecule has 0 bridgehead atoms. The standard InChI is InChI=1S/C11H15N5O/c1-2-5-16-10(3-1)14-11(15-16)13-7-9-8-17-6-4-12-9/h1-3,5,9,12H,4,6-8H2,(H,13,15). The van der Waals surface area contributed by atoms with Gasteiger partial charge in [-0.2, -0.15) is 4.98 Å². The first-order valence-corrected chi connectivity index (χ1v) is 5.78. The van der Waals surface area contributed by atoms with Gasteiger partial charge < -0.3 is 15.4 Å². The lowest BCUT2D eigenvalue weighted by Gasteiger charge is -2.23. The molecule has 0 saturated carbocycles. The molecule has 1 fully saturated rings. The zero-order chi connectivity index (χ0) is 11.5. The highest BCUT2D eigenvalue weighted by atomic mass is 16.5. The van der Waals surface area contributed by atoms with E-state index in [0.717, 1.165) is 32.0 Å². The smallest absolute Gasteiger partial charge is 0.243 e. The first-order valence-electron chi connectivity index (χ1n) is 5.78. The molecule has 2 N–H and O–H groups in total. The Hall–Kier alpha value is -1.66. The van der Waals surface area contributed by atoms with Crippen molar-refractivity contribution >= 4 is 11.6 Å². The Morgan fingerprint density at radius 1 is 1.53 bits per heavy atom. The lowest BCUT2D eigenvalue weighted by atomic mass is 10.3. The molecular formula is C11H15N5O. The molecule has 0 radical (unpaired) electrons. The van der Waals surface area contributed by atoms with E-state index in [1.807, 2.05) is 24.4 Å². The summed E-state index contributed by atoms with van der Waals surface area (Å²) in [5.41, 5.74) is 0.850. The molecule has 1 aliphatic rings. The summed E-state index contributed by atoms with van der Waals surface area (Å²) < 4.78 is 7.14. The Balaban J connectivity index is 1.64. The second-order valence-corrected chi connectivity index (χ2v) is 4.05. The topological polar surface area (TPSA) is 63.5 Å². The number of hydrogen-bond acceptors (Lipinski definition) is 5. The minimum Gasteiger partial charge on any atom is -0.378 e. The number of fused-ring (bicyclic) bond motifs is 1. The number of morpholine rings is 1. The first-order chi connectivity index (χ1) is 8.42. The van der Waals surface area contributed by atoms with E-state index in [2.05, 4.69) is 20.7 Å². The van der Waals surface area contributed by atoms with Crippen molar-refractivity contribution in [1.82, 2.24) is 19.9 Å². The van der Waals surface area contributed by atoms with Gasteiger partial charge in [-0.15, -0.1) is 5.10 Å². The number of ether oxygens (including phenoxy) is 1. The molecule has 6 heteroatoms. The summed E-state index contributed by atoms with van der Waals surface area (Å²) in [6.45, 7) is 3.21. The summed E-state index contributed by atoms with van der Waals surface area (Å²) in [6, 6.07) is 6.14. The maximum Gasteiger partial charge on any atom is 0.243 e. The molecule has 3 rings (SSSR count). The van der Waals surface area contributed by atoms with E-state index in [1.165, 1.54) is 0 Å². The highest BCUT2D eigenvalue weighted by Gasteiger charge is 2.13. The van der Waals surface area contributed by atoms with E-state index >= 15 is 0 Å². The summed E-state index contributed by atoms with van der Waals surface area (Å²) in [5, 5.41) is 10.9. The predicted molar refractivity (Wildman–Crippen MR) is 64.1 cm³/mol. The summed E-state index contributed by atoms with van der Waals surface area (Å²) in [7, 11) is 0. The first kappa shape index (κ1) is 10.5. The van der Waals surface area contributed by atoms with Crippen LogP contribution in [0.4, 0.5) is 5.95 Å². The molecule has 0 amide bonds. The van der Waals surface area contributed by atoms with Crippen molar-refractivity contribution in [3.63, 3.8) is 0 Å². The van der Waals surface area contributed by atoms with Gasteiger partial charge in [0.2, 0.25) is 5.95 Å². The second-order valence-electron chi connectivity index (χ2n) is 4.05. The fourth-order valence-electron chi connectivity index (χ4n) is 1.87. The molecular weight excluding hydrogens is 218 g/mol. The highest BCUT2D eigenvalue weighted by molar-refractivity contribution is 5.42. The molecule has 1 atom stereocenters. The number of nitrogens with one attached hydrogen (secondary N) is 2. The van der Waals surface area contributed by atoms with Crippen molar-refractivity contribution in [2.75, 3.05) is 31.6 Å². The normalized spacial score (nSPS) is 20.6. The third-order valence-corrected chi connectivity index (χ3v) is 2.75. The summed E-state index contributed by atoms with van der Waals surface area (Å²) in [6.07, 6.45) is 1.88. The molecule has 90 valence electrons. The van der Waals surface area contributed by atoms with Crippen LogP contribution in [-0.4, -0.2) is 46.9 Å². The second kappa shape index (κ2) is 4.68. The monoisotopic (exact) mass is 233 g/mol. The minimum absolute atomic E-state index is 0.329. The van der Waals surface area contributed by atoms with Gasteiger partial charge in [0.15, 0.2) is 5.65 Å². The Morgan fingerprint density at radius 2 is 2.53 bits per heavy atom. The van der Waals surface area contributed by atoms with Gasteiger partial charge in [-0.05, 0) is 12.1 Å². The molecule has 0 aliphatic carbocycles. The molecule has 0 aromatic carbocycles. The van der Waals surface area contributed by atoms with E-state index in [9.17, 15) is 0 Å². The maximum atomic E-state index is 5.38. The van der Waals surface area contributed by atoms with Gasteiger partial charge in [0.1, 0.15) is 0 Å². The van der Waals surface area contributed by atoms with Crippen LogP contribution < -0.4 is 10.6 Å². The molecule has 0 spiro atoms. The maximum absolute atomic E-state index is 5.38. The van der Waals surface area contributed by atoms with Gasteiger partial charge >= 0.3 is 0 Å². The largest absolute Gasteiger partial charge is 0.378 e. The number of rotatable bonds is 3. The molecule has 3 heterocycles. The van der Waals surface area contributed by atoms with Crippen molar-refractivity contribution in [1.29, 1.82) is 0 Å². The van der Waals surface area contributed by atoms with E-state index in [-0.39, 0.29) is 0 Å². The molecule has 1 aliphatic heterocycles. The highest BCUT2D eigenvalue weighted by Crippen LogP contribution is 2.04. The molecule has 2 aromatic heterocycles. The number of hydrogen-bond donors (Lipinski definition) is 2. The average molecular weight is 233 g/mol. The number of aromatic nitrogens is 3. The number of nitrogens with zero attached hydrogens (tertiary/aromatic N) is 3. The lowest BCUT2D eigenvalue weighted by Crippen LogP contribution is -2.45. The number of anilines is 1. The van der Waals surface area contributed by atoms with Crippen molar-refractivity contribution < 1.29 is 4.74 Å². The van der Waals surface area contributed by atoms with Crippen LogP contribution >= 0.6 is 0 Å². The Kier molecular flexibility index (Phi) is 2.89. The van der Waals surface area contributed by atoms with E-state index in [4.69, 9.17) is 4.74 Å². The summed E-state index contributed by atoms with van der Waals surface area (Å²) >= 11 is 0. The quantitative estimate of drug-likeness (QED) is 0.789. The van der Waals surface area contributed by atoms with Crippen LogP contribution in [0.25, 0.3) is 5.65 Å². The lowest BCUT2D eigenvalue weighted by molar-refractivity contribution is 0.0806. The Bertz CT molecular complexity index is 458. The van der Waals surface area contributed by atoms with Crippen LogP contribution in [0, 0.1) is 0 Å². The van der Waals surface area contributed by atoms with Crippen molar-refractivity contribution in [2.45, 2.75) is 6.04 Å². The minimum atomic E-state index is 0.329. The van der Waals surface area contributed by atoms with Crippen LogP contribution in [0.5, 0.6) is 0 Å². The summed E-state index contributed by atoms with van der Waals surface area (Å²) in [5.74, 6) is 0.656. The van der Waals surface area contributed by atoms with Gasteiger partial charge in [-0.25, -0.2) is 4.52 Å². The van der Waals surface area contributed by atoms with E-state index in [1.54, 1.807) is 4.52 Å². The van der Waals surface area contributed by atoms with Crippen LogP contribution in [0.15, 0.2) is 24.4 Å². The van der Waals surface area contributed by atoms with Crippen LogP contribution in [0.1, 0.15) is 0 Å². The summed E-state index contributed by atoms with van der Waals surface area (Å²) in [4.78, 5) is 4.37. The van der Waals surface area contributed by atoms with Gasteiger partial charge in [-0.3, -0.25) is 0 Å². The number of pyridine rings is 1. The zero-order valence-corrected chi connectivity index (χ0v) is 9.47. The zero-order valence-electron chi connectivity index (χ0n) is 9.47. The molecule has 6 nitrogen and oxygen atoms in total. The molecule has 1 saturated heterocycles. The Morgan fingerprint density at radius 3 is 3.35 bits per heavy atom. The van der Waals surface area contributed by atoms with Gasteiger partial charge in [-0.1, -0.05) is 6.07 Å². The average Bonchev–Trinajstić information content (AvgIpc) is 2.80. The van der Waals surface area contributed by atoms with Gasteiger partial charge in [0.25, 0.3) is 0 Å². The predicted octanol–water partition coefficient (Wildman–Crippen LogP) is 0.130. The van der Waals surface area contributed by atoms with E-state index < -0.39 is 0 Å². The van der Waals surface area contributed by atoms with Crippen LogP contribution in [0.2, 0.25) is 0 Å². The van der Waals surface area contributed by atoms with Crippen molar-refractivity contribution in [3.8, 4) is 0 Å². The third kappa shape index (κ3) is 2.37. The fourth-order valence-corrected chi connectivity index (χ4v) is 1.87. The third-order valence-electron chi connectivity index (χ3n) is 2.75. The SMILES string of the molecule is c1ccn2nc(NCC3COCCN3)nc2c1. The fraction of sp³-hybridized carbons (Fsp3) is 0.455. The van der Waals surface area contributed by atoms with Crippen LogP contribution in [-0.2, 0) is 4.74 Å². The van der Waals surface area contributed by atoms with E-state index in [0.29, 0.717) is 12.0 Å². The molecule has 2 aromatic rings.